The first-order valence-electron chi connectivity index (χ1n) is 5.48. The molecule has 1 aromatic carbocycles. The normalized spacial score (nSPS) is 14.2. The van der Waals surface area contributed by atoms with Crippen molar-refractivity contribution in [2.24, 2.45) is 0 Å². The second kappa shape index (κ2) is 5.31. The van der Waals surface area contributed by atoms with Gasteiger partial charge in [-0.05, 0) is 25.0 Å². The summed E-state index contributed by atoms with van der Waals surface area (Å²) >= 11 is 3.30. The van der Waals surface area contributed by atoms with Gasteiger partial charge < -0.3 is 10.6 Å². The van der Waals surface area contributed by atoms with Gasteiger partial charge in [0.2, 0.25) is 0 Å². The third kappa shape index (κ3) is 3.85. The topological polar surface area (TPSA) is 58.2 Å². The summed E-state index contributed by atoms with van der Waals surface area (Å²) in [4.78, 5) is 23.0. The van der Waals surface area contributed by atoms with Gasteiger partial charge in [-0.1, -0.05) is 28.1 Å². The van der Waals surface area contributed by atoms with Crippen molar-refractivity contribution >= 4 is 27.7 Å². The van der Waals surface area contributed by atoms with E-state index in [9.17, 15) is 9.59 Å². The quantitative estimate of drug-likeness (QED) is 0.836. The highest BCUT2D eigenvalue weighted by atomic mass is 79.9. The van der Waals surface area contributed by atoms with Crippen LogP contribution in [0.3, 0.4) is 0 Å². The van der Waals surface area contributed by atoms with E-state index in [4.69, 9.17) is 0 Å². The Bertz CT molecular complexity index is 427. The number of Topliss-reactive ketones (excluding diaryl/α,β-unsaturated/α-hetero) is 1. The van der Waals surface area contributed by atoms with Crippen LogP contribution >= 0.6 is 15.9 Å². The van der Waals surface area contributed by atoms with Crippen LogP contribution in [0.2, 0.25) is 0 Å². The Hall–Kier alpha value is -1.36. The summed E-state index contributed by atoms with van der Waals surface area (Å²) in [5.74, 6) is -0.0940. The van der Waals surface area contributed by atoms with Gasteiger partial charge in [-0.2, -0.15) is 0 Å². The smallest absolute Gasteiger partial charge is 0.315 e. The molecule has 2 N–H and O–H groups in total. The van der Waals surface area contributed by atoms with Crippen LogP contribution < -0.4 is 10.6 Å². The van der Waals surface area contributed by atoms with Crippen LogP contribution in [0, 0.1) is 0 Å². The van der Waals surface area contributed by atoms with Gasteiger partial charge in [-0.25, -0.2) is 4.79 Å². The molecule has 5 heteroatoms. The van der Waals surface area contributed by atoms with Crippen LogP contribution in [0.25, 0.3) is 0 Å². The number of rotatable bonds is 4. The molecule has 0 aromatic heterocycles. The molecule has 1 aliphatic carbocycles. The Morgan fingerprint density at radius 1 is 1.24 bits per heavy atom. The monoisotopic (exact) mass is 296 g/mol. The molecule has 1 aliphatic rings. The van der Waals surface area contributed by atoms with Gasteiger partial charge in [-0.3, -0.25) is 4.79 Å². The summed E-state index contributed by atoms with van der Waals surface area (Å²) in [5, 5.41) is 5.32. The first-order chi connectivity index (χ1) is 8.15. The molecule has 17 heavy (non-hydrogen) atoms. The Balaban J connectivity index is 1.79. The number of carbonyl (C=O) groups is 2. The summed E-state index contributed by atoms with van der Waals surface area (Å²) in [5.41, 5.74) is 0.597. The zero-order valence-electron chi connectivity index (χ0n) is 9.20. The van der Waals surface area contributed by atoms with E-state index in [1.807, 2.05) is 0 Å². The van der Waals surface area contributed by atoms with Crippen LogP contribution in [-0.4, -0.2) is 24.4 Å². The van der Waals surface area contributed by atoms with Crippen LogP contribution in [0.15, 0.2) is 28.7 Å². The Morgan fingerprint density at radius 2 is 1.88 bits per heavy atom. The number of carbonyl (C=O) groups excluding carboxylic acids is 2. The molecule has 2 rings (SSSR count). The molecule has 1 saturated carbocycles. The number of amides is 2. The van der Waals surface area contributed by atoms with E-state index in [0.717, 1.165) is 17.3 Å². The van der Waals surface area contributed by atoms with Crippen molar-refractivity contribution in [1.29, 1.82) is 0 Å². The maximum Gasteiger partial charge on any atom is 0.315 e. The molecule has 1 aromatic rings. The average molecular weight is 297 g/mol. The zero-order valence-corrected chi connectivity index (χ0v) is 10.8. The van der Waals surface area contributed by atoms with E-state index in [2.05, 4.69) is 26.6 Å². The van der Waals surface area contributed by atoms with E-state index >= 15 is 0 Å². The third-order valence-electron chi connectivity index (χ3n) is 2.49. The van der Waals surface area contributed by atoms with Gasteiger partial charge >= 0.3 is 6.03 Å². The molecule has 0 spiro atoms. The number of benzene rings is 1. The number of hydrogen-bond donors (Lipinski definition) is 2. The van der Waals surface area contributed by atoms with Crippen LogP contribution in [0.4, 0.5) is 4.79 Å². The molecule has 0 heterocycles. The lowest BCUT2D eigenvalue weighted by atomic mass is 10.1. The minimum atomic E-state index is -0.266. The molecule has 1 fully saturated rings. The molecule has 0 atom stereocenters. The lowest BCUT2D eigenvalue weighted by Crippen LogP contribution is -2.39. The van der Waals surface area contributed by atoms with Crippen molar-refractivity contribution in [3.8, 4) is 0 Å². The van der Waals surface area contributed by atoms with Gasteiger partial charge in [0.05, 0.1) is 6.54 Å². The number of halogens is 1. The Kier molecular flexibility index (Phi) is 3.78. The fraction of sp³-hybridized carbons (Fsp3) is 0.333. The number of urea groups is 1. The molecular weight excluding hydrogens is 284 g/mol. The maximum absolute atomic E-state index is 11.7. The van der Waals surface area contributed by atoms with Crippen molar-refractivity contribution in [3.05, 3.63) is 34.3 Å². The first-order valence-corrected chi connectivity index (χ1v) is 6.27. The van der Waals surface area contributed by atoms with E-state index in [1.54, 1.807) is 24.3 Å². The second-order valence-corrected chi connectivity index (χ2v) is 4.95. The molecule has 2 amide bonds. The molecule has 0 unspecified atom stereocenters. The summed E-state index contributed by atoms with van der Waals surface area (Å²) in [6, 6.07) is 7.10. The predicted molar refractivity (Wildman–Crippen MR) is 68.0 cm³/mol. The molecule has 90 valence electrons. The average Bonchev–Trinajstić information content (AvgIpc) is 3.11. The fourth-order valence-electron chi connectivity index (χ4n) is 1.36. The van der Waals surface area contributed by atoms with Gasteiger partial charge in [0.25, 0.3) is 0 Å². The SMILES string of the molecule is O=C(NCC(=O)c1ccc(Br)cc1)NC1CC1. The summed E-state index contributed by atoms with van der Waals surface area (Å²) in [6.07, 6.45) is 2.07. The number of hydrogen-bond acceptors (Lipinski definition) is 2. The van der Waals surface area contributed by atoms with Crippen LogP contribution in [-0.2, 0) is 0 Å². The van der Waals surface area contributed by atoms with Crippen molar-refractivity contribution in [1.82, 2.24) is 10.6 Å². The van der Waals surface area contributed by atoms with Crippen molar-refractivity contribution < 1.29 is 9.59 Å². The van der Waals surface area contributed by atoms with E-state index in [-0.39, 0.29) is 18.4 Å². The van der Waals surface area contributed by atoms with Crippen molar-refractivity contribution in [2.45, 2.75) is 18.9 Å². The fourth-order valence-corrected chi connectivity index (χ4v) is 1.63. The van der Waals surface area contributed by atoms with Gasteiger partial charge in [0, 0.05) is 16.1 Å². The highest BCUT2D eigenvalue weighted by Gasteiger charge is 2.23. The summed E-state index contributed by atoms with van der Waals surface area (Å²) in [6.45, 7) is 0.0280. The summed E-state index contributed by atoms with van der Waals surface area (Å²) < 4.78 is 0.925. The lowest BCUT2D eigenvalue weighted by Gasteiger charge is -2.05. The Morgan fingerprint density at radius 3 is 2.47 bits per heavy atom. The molecular formula is C12H13BrN2O2. The molecule has 0 aliphatic heterocycles. The minimum absolute atomic E-state index is 0.0280. The van der Waals surface area contributed by atoms with Crippen molar-refractivity contribution in [3.63, 3.8) is 0 Å². The Labute approximate surface area is 108 Å². The minimum Gasteiger partial charge on any atom is -0.335 e. The van der Waals surface area contributed by atoms with Crippen molar-refractivity contribution in [2.75, 3.05) is 6.54 Å². The van der Waals surface area contributed by atoms with Crippen LogP contribution in [0.5, 0.6) is 0 Å². The zero-order chi connectivity index (χ0) is 12.3. The van der Waals surface area contributed by atoms with Gasteiger partial charge in [0.15, 0.2) is 5.78 Å². The predicted octanol–water partition coefficient (Wildman–Crippen LogP) is 2.09. The lowest BCUT2D eigenvalue weighted by molar-refractivity contribution is 0.0992. The van der Waals surface area contributed by atoms with E-state index in [0.29, 0.717) is 11.6 Å². The number of ketones is 1. The molecule has 0 bridgehead atoms. The van der Waals surface area contributed by atoms with E-state index < -0.39 is 0 Å². The molecule has 0 saturated heterocycles. The third-order valence-corrected chi connectivity index (χ3v) is 3.02. The summed E-state index contributed by atoms with van der Waals surface area (Å²) in [7, 11) is 0. The van der Waals surface area contributed by atoms with Crippen LogP contribution in [0.1, 0.15) is 23.2 Å². The largest absolute Gasteiger partial charge is 0.335 e. The maximum atomic E-state index is 11.7. The molecule has 0 radical (unpaired) electrons. The van der Waals surface area contributed by atoms with Gasteiger partial charge in [-0.15, -0.1) is 0 Å². The number of nitrogens with one attached hydrogen (secondary N) is 2. The highest BCUT2D eigenvalue weighted by molar-refractivity contribution is 9.10. The molecule has 4 nitrogen and oxygen atoms in total. The highest BCUT2D eigenvalue weighted by Crippen LogP contribution is 2.18. The second-order valence-electron chi connectivity index (χ2n) is 4.03. The van der Waals surface area contributed by atoms with E-state index in [1.165, 1.54) is 0 Å². The first kappa shape index (κ1) is 12.1. The standard InChI is InChI=1S/C12H13BrN2O2/c13-9-3-1-8(2-4-9)11(16)7-14-12(17)15-10-5-6-10/h1-4,10H,5-7H2,(H2,14,15,17). The van der Waals surface area contributed by atoms with Gasteiger partial charge in [0.1, 0.15) is 0 Å².